The first-order valence-corrected chi connectivity index (χ1v) is 14.1. The van der Waals surface area contributed by atoms with E-state index < -0.39 is 55.4 Å². The lowest BCUT2D eigenvalue weighted by molar-refractivity contribution is -0.305. The Morgan fingerprint density at radius 1 is 0.757 bits per heavy atom. The minimum Gasteiger partial charge on any atom is -0.462 e. The highest BCUT2D eigenvalue weighted by molar-refractivity contribution is 5.70. The number of carbonyl (C=O) groups excluding carboxylic acids is 2. The molecule has 0 radical (unpaired) electrons. The molecule has 4 N–H and O–H groups in total. The third-order valence-electron chi connectivity index (χ3n) is 6.55. The molecule has 218 valence electrons. The van der Waals surface area contributed by atoms with Crippen molar-refractivity contribution in [2.24, 2.45) is 0 Å². The Hall–Kier alpha value is -1.30. The van der Waals surface area contributed by atoms with E-state index in [2.05, 4.69) is 6.92 Å². The fourth-order valence-corrected chi connectivity index (χ4v) is 4.17. The maximum absolute atomic E-state index is 12.4. The van der Waals surface area contributed by atoms with Crippen LogP contribution in [0.4, 0.5) is 0 Å². The normalized spacial score (nSPS) is 24.5. The highest BCUT2D eigenvalue weighted by atomic mass is 16.7. The molecule has 0 aromatic rings. The largest absolute Gasteiger partial charge is 0.462 e. The summed E-state index contributed by atoms with van der Waals surface area (Å²) in [6, 6.07) is 0. The minimum atomic E-state index is -1.58. The van der Waals surface area contributed by atoms with Crippen molar-refractivity contribution in [1.29, 1.82) is 0 Å². The van der Waals surface area contributed by atoms with Crippen LogP contribution in [0.25, 0.3) is 0 Å². The first-order chi connectivity index (χ1) is 17.8. The third-order valence-corrected chi connectivity index (χ3v) is 6.55. The van der Waals surface area contributed by atoms with Crippen molar-refractivity contribution in [1.82, 2.24) is 0 Å². The molecule has 37 heavy (non-hydrogen) atoms. The first kappa shape index (κ1) is 33.7. The van der Waals surface area contributed by atoms with Crippen LogP contribution in [0.3, 0.4) is 0 Å². The van der Waals surface area contributed by atoms with E-state index in [0.29, 0.717) is 6.42 Å². The van der Waals surface area contributed by atoms with Gasteiger partial charge in [-0.25, -0.2) is 0 Å². The average molecular weight is 535 g/mol. The Bertz CT molecular complexity index is 600. The van der Waals surface area contributed by atoms with E-state index in [-0.39, 0.29) is 26.1 Å². The summed E-state index contributed by atoms with van der Waals surface area (Å²) in [7, 11) is 0. The van der Waals surface area contributed by atoms with E-state index in [1.54, 1.807) is 6.92 Å². The Kier molecular flexibility index (Phi) is 18.8. The van der Waals surface area contributed by atoms with Crippen molar-refractivity contribution in [3.05, 3.63) is 0 Å². The van der Waals surface area contributed by atoms with E-state index in [9.17, 15) is 30.0 Å². The van der Waals surface area contributed by atoms with E-state index in [4.69, 9.17) is 18.9 Å². The monoisotopic (exact) mass is 534 g/mol. The van der Waals surface area contributed by atoms with Crippen LogP contribution in [-0.2, 0) is 28.5 Å². The Morgan fingerprint density at radius 3 is 1.86 bits per heavy atom. The van der Waals surface area contributed by atoms with E-state index >= 15 is 0 Å². The van der Waals surface area contributed by atoms with Gasteiger partial charge in [0.15, 0.2) is 12.4 Å². The van der Waals surface area contributed by atoms with Crippen LogP contribution < -0.4 is 0 Å². The fourth-order valence-electron chi connectivity index (χ4n) is 4.17. The summed E-state index contributed by atoms with van der Waals surface area (Å²) in [4.78, 5) is 23.9. The number of carbonyl (C=O) groups is 2. The van der Waals surface area contributed by atoms with Crippen molar-refractivity contribution in [3.8, 4) is 0 Å². The van der Waals surface area contributed by atoms with Crippen LogP contribution in [0.5, 0.6) is 0 Å². The summed E-state index contributed by atoms with van der Waals surface area (Å²) in [6.45, 7) is 2.78. The highest BCUT2D eigenvalue weighted by Crippen LogP contribution is 2.22. The van der Waals surface area contributed by atoms with Gasteiger partial charge in [0.05, 0.1) is 13.2 Å². The molecule has 1 fully saturated rings. The predicted molar refractivity (Wildman–Crippen MR) is 137 cm³/mol. The molecule has 1 aliphatic heterocycles. The number of hydrogen-bond donors (Lipinski definition) is 4. The Labute approximate surface area is 221 Å². The third kappa shape index (κ3) is 14.4. The van der Waals surface area contributed by atoms with Crippen molar-refractivity contribution >= 4 is 11.9 Å². The quantitative estimate of drug-likeness (QED) is 0.128. The molecule has 0 aromatic heterocycles. The molecule has 0 bridgehead atoms. The smallest absolute Gasteiger partial charge is 0.306 e. The van der Waals surface area contributed by atoms with Crippen LogP contribution in [0.1, 0.15) is 104 Å². The first-order valence-electron chi connectivity index (χ1n) is 14.1. The summed E-state index contributed by atoms with van der Waals surface area (Å²) < 4.78 is 21.3. The lowest BCUT2D eigenvalue weighted by Gasteiger charge is -2.39. The lowest BCUT2D eigenvalue weighted by Crippen LogP contribution is -2.59. The molecule has 1 rings (SSSR count). The van der Waals surface area contributed by atoms with Crippen molar-refractivity contribution in [2.45, 2.75) is 141 Å². The average Bonchev–Trinajstić information content (AvgIpc) is 2.90. The molecule has 0 spiro atoms. The van der Waals surface area contributed by atoms with Gasteiger partial charge in [-0.1, -0.05) is 84.5 Å². The number of esters is 2. The number of unbranched alkanes of at least 4 members (excludes halogenated alkanes) is 11. The van der Waals surface area contributed by atoms with Gasteiger partial charge in [0.2, 0.25) is 0 Å². The molecule has 0 amide bonds. The van der Waals surface area contributed by atoms with Gasteiger partial charge in [-0.2, -0.15) is 0 Å². The summed E-state index contributed by atoms with van der Waals surface area (Å²) >= 11 is 0. The minimum absolute atomic E-state index is 0.160. The Balaban J connectivity index is 2.33. The zero-order valence-corrected chi connectivity index (χ0v) is 22.7. The second kappa shape index (κ2) is 20.6. The molecule has 0 saturated carbocycles. The van der Waals surface area contributed by atoms with Gasteiger partial charge >= 0.3 is 11.9 Å². The van der Waals surface area contributed by atoms with Gasteiger partial charge in [-0.05, 0) is 6.42 Å². The van der Waals surface area contributed by atoms with Gasteiger partial charge in [-0.3, -0.25) is 9.59 Å². The number of hydrogen-bond acceptors (Lipinski definition) is 10. The van der Waals surface area contributed by atoms with Crippen LogP contribution in [-0.4, -0.2) is 89.0 Å². The van der Waals surface area contributed by atoms with Crippen molar-refractivity contribution < 1.29 is 49.0 Å². The maximum Gasteiger partial charge on any atom is 0.306 e. The van der Waals surface area contributed by atoms with Gasteiger partial charge in [-0.15, -0.1) is 0 Å². The molecule has 10 heteroatoms. The Morgan fingerprint density at radius 2 is 1.32 bits per heavy atom. The van der Waals surface area contributed by atoms with Gasteiger partial charge in [0.25, 0.3) is 0 Å². The number of ether oxygens (including phenoxy) is 4. The molecule has 0 aromatic carbocycles. The fraction of sp³-hybridized carbons (Fsp3) is 0.926. The molecular formula is C27H50O10. The van der Waals surface area contributed by atoms with Crippen LogP contribution in [0, 0.1) is 0 Å². The summed E-state index contributed by atoms with van der Waals surface area (Å²) in [5, 5.41) is 39.2. The summed E-state index contributed by atoms with van der Waals surface area (Å²) in [5.74, 6) is -0.906. The zero-order valence-electron chi connectivity index (χ0n) is 22.7. The van der Waals surface area contributed by atoms with E-state index in [1.165, 1.54) is 51.4 Å². The second-order valence-electron chi connectivity index (χ2n) is 9.82. The van der Waals surface area contributed by atoms with Gasteiger partial charge < -0.3 is 39.4 Å². The number of rotatable bonds is 21. The van der Waals surface area contributed by atoms with Gasteiger partial charge in [0.1, 0.15) is 31.0 Å². The second-order valence-corrected chi connectivity index (χ2v) is 9.82. The predicted octanol–water partition coefficient (Wildman–Crippen LogP) is 2.76. The van der Waals surface area contributed by atoms with Crippen LogP contribution in [0.15, 0.2) is 0 Å². The maximum atomic E-state index is 12.4. The van der Waals surface area contributed by atoms with Crippen LogP contribution >= 0.6 is 0 Å². The number of aliphatic hydroxyl groups excluding tert-OH is 4. The topological polar surface area (TPSA) is 152 Å². The van der Waals surface area contributed by atoms with Crippen molar-refractivity contribution in [2.75, 3.05) is 19.8 Å². The summed E-state index contributed by atoms with van der Waals surface area (Å²) in [5.41, 5.74) is 0. The molecule has 6 atom stereocenters. The molecule has 1 aliphatic rings. The van der Waals surface area contributed by atoms with E-state index in [0.717, 1.165) is 19.3 Å². The molecule has 1 saturated heterocycles. The molecule has 0 aliphatic carbocycles. The standard InChI is InChI=1S/C27H50O10/c1-3-5-6-7-8-9-10-11-12-13-14-15-16-23(30)36-20(18-34-22(29)4-2)19-35-27-26(33)25(32)24(31)21(17-28)37-27/h20-21,24-28,31-33H,3-19H2,1-2H3. The molecule has 6 unspecified atom stereocenters. The molecular weight excluding hydrogens is 484 g/mol. The SMILES string of the molecule is CCCCCCCCCCCCCCC(=O)OC(COC(=O)CC)COC1OC(CO)C(O)C(O)C1O. The molecule has 1 heterocycles. The molecule has 10 nitrogen and oxygen atoms in total. The van der Waals surface area contributed by atoms with Crippen LogP contribution in [0.2, 0.25) is 0 Å². The van der Waals surface area contributed by atoms with Crippen molar-refractivity contribution in [3.63, 3.8) is 0 Å². The number of aliphatic hydroxyl groups is 4. The van der Waals surface area contributed by atoms with Gasteiger partial charge in [0, 0.05) is 12.8 Å². The lowest BCUT2D eigenvalue weighted by atomic mass is 9.99. The summed E-state index contributed by atoms with van der Waals surface area (Å²) in [6.07, 6.45) is 6.55. The zero-order chi connectivity index (χ0) is 27.5. The highest BCUT2D eigenvalue weighted by Gasteiger charge is 2.44. The van der Waals surface area contributed by atoms with E-state index in [1.807, 2.05) is 0 Å².